The lowest BCUT2D eigenvalue weighted by Gasteiger charge is -2.38. The van der Waals surface area contributed by atoms with Crippen LogP contribution >= 0.6 is 0 Å². The summed E-state index contributed by atoms with van der Waals surface area (Å²) in [5, 5.41) is 9.38. The van der Waals surface area contributed by atoms with E-state index in [1.807, 2.05) is 0 Å². The van der Waals surface area contributed by atoms with Crippen molar-refractivity contribution in [3.8, 4) is 0 Å². The Balaban J connectivity index is 2.03. The second-order valence-corrected chi connectivity index (χ2v) is 6.12. The summed E-state index contributed by atoms with van der Waals surface area (Å²) in [6.07, 6.45) is 2.69. The minimum Gasteiger partial charge on any atom is -0.480 e. The number of rotatable bonds is 3. The summed E-state index contributed by atoms with van der Waals surface area (Å²) in [4.78, 5) is 25.4. The van der Waals surface area contributed by atoms with Gasteiger partial charge in [-0.15, -0.1) is 0 Å². The highest BCUT2D eigenvalue weighted by Gasteiger charge is 2.51. The molecule has 4 nitrogen and oxygen atoms in total. The van der Waals surface area contributed by atoms with Gasteiger partial charge < -0.3 is 10.0 Å². The molecule has 20 heavy (non-hydrogen) atoms. The zero-order valence-electron chi connectivity index (χ0n) is 11.7. The van der Waals surface area contributed by atoms with Crippen molar-refractivity contribution in [1.29, 1.82) is 0 Å². The van der Waals surface area contributed by atoms with E-state index in [1.165, 1.54) is 4.90 Å². The fraction of sp³-hybridized carbons (Fsp3) is 0.857. The normalized spacial score (nSPS) is 23.9. The smallest absolute Gasteiger partial charge is 0.319 e. The number of hydrogen-bond acceptors (Lipinski definition) is 2. The first-order chi connectivity index (χ1) is 9.27. The molecule has 1 heterocycles. The highest BCUT2D eigenvalue weighted by Crippen LogP contribution is 2.41. The summed E-state index contributed by atoms with van der Waals surface area (Å²) in [5.41, 5.74) is -1.30. The first kappa shape index (κ1) is 15.2. The molecule has 0 aromatic carbocycles. The molecule has 2 rings (SSSR count). The monoisotopic (exact) mass is 289 g/mol. The highest BCUT2D eigenvalue weighted by atomic mass is 19.3. The average molecular weight is 289 g/mol. The predicted molar refractivity (Wildman–Crippen MR) is 68.5 cm³/mol. The van der Waals surface area contributed by atoms with Crippen LogP contribution in [0.2, 0.25) is 0 Å². The van der Waals surface area contributed by atoms with Gasteiger partial charge >= 0.3 is 5.97 Å². The lowest BCUT2D eigenvalue weighted by atomic mass is 9.83. The molecule has 6 heteroatoms. The van der Waals surface area contributed by atoms with Gasteiger partial charge in [0.2, 0.25) is 11.8 Å². The summed E-state index contributed by atoms with van der Waals surface area (Å²) < 4.78 is 26.5. The van der Waals surface area contributed by atoms with Crippen LogP contribution in [0, 0.1) is 11.3 Å². The minimum atomic E-state index is -2.73. The Morgan fingerprint density at radius 2 is 1.70 bits per heavy atom. The number of piperidine rings is 1. The maximum absolute atomic E-state index is 13.2. The average Bonchev–Trinajstić information content (AvgIpc) is 2.87. The fourth-order valence-electron chi connectivity index (χ4n) is 3.39. The number of carbonyl (C=O) groups is 2. The summed E-state index contributed by atoms with van der Waals surface area (Å²) >= 11 is 0. The quantitative estimate of drug-likeness (QED) is 0.812. The number of hydrogen-bond donors (Lipinski definition) is 1. The Morgan fingerprint density at radius 3 is 2.10 bits per heavy atom. The lowest BCUT2D eigenvalue weighted by Crippen LogP contribution is -2.51. The van der Waals surface area contributed by atoms with E-state index in [0.717, 1.165) is 19.8 Å². The number of carbonyl (C=O) groups excluding carboxylic acids is 1. The van der Waals surface area contributed by atoms with E-state index in [1.54, 1.807) is 0 Å². The molecule has 1 saturated carbocycles. The molecule has 1 aliphatic carbocycles. The topological polar surface area (TPSA) is 57.6 Å². The molecule has 1 aliphatic heterocycles. The van der Waals surface area contributed by atoms with E-state index >= 15 is 0 Å². The molecule has 1 saturated heterocycles. The first-order valence-electron chi connectivity index (χ1n) is 7.18. The first-order valence-corrected chi connectivity index (χ1v) is 7.18. The molecule has 0 radical (unpaired) electrons. The molecule has 1 amide bonds. The van der Waals surface area contributed by atoms with Crippen molar-refractivity contribution in [3.63, 3.8) is 0 Å². The molecular formula is C14H21F2NO3. The van der Waals surface area contributed by atoms with Gasteiger partial charge in [-0.1, -0.05) is 12.8 Å². The third-order valence-corrected chi connectivity index (χ3v) is 4.77. The Kier molecular flexibility index (Phi) is 4.02. The molecule has 0 bridgehead atoms. The van der Waals surface area contributed by atoms with E-state index in [4.69, 9.17) is 0 Å². The van der Waals surface area contributed by atoms with Crippen LogP contribution in [0.3, 0.4) is 0 Å². The van der Waals surface area contributed by atoms with Crippen LogP contribution in [0.5, 0.6) is 0 Å². The molecule has 0 atom stereocenters. The number of carboxylic acids is 1. The van der Waals surface area contributed by atoms with Gasteiger partial charge in [-0.2, -0.15) is 0 Å². The fourth-order valence-corrected chi connectivity index (χ4v) is 3.39. The second kappa shape index (κ2) is 5.30. The van der Waals surface area contributed by atoms with Crippen LogP contribution in [0.4, 0.5) is 8.78 Å². The highest BCUT2D eigenvalue weighted by molar-refractivity contribution is 6.02. The zero-order chi connectivity index (χ0) is 15.0. The molecule has 0 spiro atoms. The Hall–Kier alpha value is -1.20. The Morgan fingerprint density at radius 1 is 1.20 bits per heavy atom. The minimum absolute atomic E-state index is 0.238. The van der Waals surface area contributed by atoms with Crippen LogP contribution in [0.25, 0.3) is 0 Å². The van der Waals surface area contributed by atoms with Gasteiger partial charge in [-0.05, 0) is 32.6 Å². The standard InChI is InChI=1S/C14H21F2NO3/c1-13(15,16)10-4-8-17(9-5-10)11(18)14(12(19)20)6-2-3-7-14/h10H,2-9H2,1H3,(H,19,20). The molecule has 114 valence electrons. The van der Waals surface area contributed by atoms with E-state index in [0.29, 0.717) is 12.8 Å². The van der Waals surface area contributed by atoms with Crippen molar-refractivity contribution >= 4 is 11.9 Å². The molecular weight excluding hydrogens is 268 g/mol. The molecule has 0 aromatic heterocycles. The Labute approximate surface area is 117 Å². The number of carboxylic acid groups (broad SMARTS) is 1. The van der Waals surface area contributed by atoms with Crippen molar-refractivity contribution in [2.24, 2.45) is 11.3 Å². The third kappa shape index (κ3) is 2.65. The largest absolute Gasteiger partial charge is 0.480 e. The van der Waals surface area contributed by atoms with Crippen LogP contribution in [0.15, 0.2) is 0 Å². The van der Waals surface area contributed by atoms with Crippen molar-refractivity contribution < 1.29 is 23.5 Å². The predicted octanol–water partition coefficient (Wildman–Crippen LogP) is 2.53. The molecule has 2 fully saturated rings. The van der Waals surface area contributed by atoms with Gasteiger partial charge in [0.25, 0.3) is 0 Å². The number of likely N-dealkylation sites (tertiary alicyclic amines) is 1. The van der Waals surface area contributed by atoms with Crippen molar-refractivity contribution in [2.75, 3.05) is 13.1 Å². The van der Waals surface area contributed by atoms with E-state index in [-0.39, 0.29) is 31.8 Å². The summed E-state index contributed by atoms with van der Waals surface area (Å²) in [6, 6.07) is 0. The van der Waals surface area contributed by atoms with Gasteiger partial charge in [0, 0.05) is 19.0 Å². The third-order valence-electron chi connectivity index (χ3n) is 4.77. The van der Waals surface area contributed by atoms with Crippen LogP contribution in [-0.4, -0.2) is 40.9 Å². The van der Waals surface area contributed by atoms with Crippen LogP contribution < -0.4 is 0 Å². The number of nitrogens with zero attached hydrogens (tertiary/aromatic N) is 1. The second-order valence-electron chi connectivity index (χ2n) is 6.12. The van der Waals surface area contributed by atoms with Crippen LogP contribution in [-0.2, 0) is 9.59 Å². The SMILES string of the molecule is CC(F)(F)C1CCN(C(=O)C2(C(=O)O)CCCC2)CC1. The van der Waals surface area contributed by atoms with E-state index < -0.39 is 23.2 Å². The van der Waals surface area contributed by atoms with Gasteiger partial charge in [0.15, 0.2) is 0 Å². The van der Waals surface area contributed by atoms with Gasteiger partial charge in [0.1, 0.15) is 5.41 Å². The molecule has 1 N–H and O–H groups in total. The summed E-state index contributed by atoms with van der Waals surface area (Å²) in [7, 11) is 0. The zero-order valence-corrected chi connectivity index (χ0v) is 11.7. The summed E-state index contributed by atoms with van der Waals surface area (Å²) in [6.45, 7) is 1.38. The number of aliphatic carboxylic acids is 1. The number of amides is 1. The maximum Gasteiger partial charge on any atom is 0.319 e. The Bertz CT molecular complexity index is 392. The van der Waals surface area contributed by atoms with Crippen LogP contribution in [0.1, 0.15) is 45.4 Å². The summed E-state index contributed by atoms with van der Waals surface area (Å²) in [5.74, 6) is -4.88. The number of halogens is 2. The van der Waals surface area contributed by atoms with Crippen molar-refractivity contribution in [3.05, 3.63) is 0 Å². The van der Waals surface area contributed by atoms with Gasteiger partial charge in [0.05, 0.1) is 0 Å². The lowest BCUT2D eigenvalue weighted by molar-refractivity contribution is -0.162. The van der Waals surface area contributed by atoms with Crippen molar-refractivity contribution in [1.82, 2.24) is 4.90 Å². The molecule has 0 unspecified atom stereocenters. The van der Waals surface area contributed by atoms with E-state index in [2.05, 4.69) is 0 Å². The molecule has 2 aliphatic rings. The van der Waals surface area contributed by atoms with Crippen molar-refractivity contribution in [2.45, 2.75) is 51.4 Å². The van der Waals surface area contributed by atoms with Gasteiger partial charge in [-0.3, -0.25) is 9.59 Å². The molecule has 0 aromatic rings. The number of alkyl halides is 2. The van der Waals surface area contributed by atoms with E-state index in [9.17, 15) is 23.5 Å². The van der Waals surface area contributed by atoms with Gasteiger partial charge in [-0.25, -0.2) is 8.78 Å². The maximum atomic E-state index is 13.2.